The van der Waals surface area contributed by atoms with Crippen LogP contribution in [-0.4, -0.2) is 83.4 Å². The fourth-order valence-corrected chi connectivity index (χ4v) is 6.15. The Labute approximate surface area is 206 Å². The molecule has 10 heteroatoms. The molecular weight excluding hydrogens is 460 g/mol. The molecule has 1 aromatic rings. The molecule has 3 saturated heterocycles. The number of hydrogen-bond donors (Lipinski definition) is 4. The first-order valence-corrected chi connectivity index (χ1v) is 12.9. The van der Waals surface area contributed by atoms with E-state index >= 15 is 0 Å². The van der Waals surface area contributed by atoms with E-state index in [9.17, 15) is 10.2 Å². The van der Waals surface area contributed by atoms with Crippen LogP contribution in [0.2, 0.25) is 5.02 Å². The second-order valence-corrected chi connectivity index (χ2v) is 10.3. The summed E-state index contributed by atoms with van der Waals surface area (Å²) in [5.74, 6) is 0.229. The van der Waals surface area contributed by atoms with E-state index in [1.54, 1.807) is 6.07 Å². The summed E-state index contributed by atoms with van der Waals surface area (Å²) in [5, 5.41) is 26.3. The molecule has 0 bridgehead atoms. The Hall–Kier alpha value is -0.850. The Morgan fingerprint density at radius 2 is 2.09 bits per heavy atom. The molecule has 9 nitrogen and oxygen atoms in total. The fraction of sp³-hybridized carbons (Fsp3) is 0.750. The molecule has 5 rings (SSSR count). The van der Waals surface area contributed by atoms with E-state index in [2.05, 4.69) is 22.0 Å². The molecule has 3 unspecified atom stereocenters. The van der Waals surface area contributed by atoms with E-state index in [0.29, 0.717) is 18.3 Å². The van der Waals surface area contributed by atoms with Crippen LogP contribution in [0.1, 0.15) is 49.8 Å². The third-order valence-corrected chi connectivity index (χ3v) is 8.03. The van der Waals surface area contributed by atoms with Crippen LogP contribution in [0, 0.1) is 5.92 Å². The molecule has 1 aromatic carbocycles. The number of rotatable bonds is 6. The van der Waals surface area contributed by atoms with Crippen molar-refractivity contribution in [3.05, 3.63) is 34.3 Å². The van der Waals surface area contributed by atoms with Crippen molar-refractivity contribution in [1.29, 1.82) is 0 Å². The summed E-state index contributed by atoms with van der Waals surface area (Å²) >= 11 is 6.18. The summed E-state index contributed by atoms with van der Waals surface area (Å²) in [6, 6.07) is 5.52. The van der Waals surface area contributed by atoms with E-state index in [1.165, 1.54) is 12.8 Å². The van der Waals surface area contributed by atoms with Gasteiger partial charge < -0.3 is 30.2 Å². The molecule has 0 spiro atoms. The second-order valence-electron chi connectivity index (χ2n) is 9.88. The van der Waals surface area contributed by atoms with Crippen molar-refractivity contribution in [1.82, 2.24) is 15.1 Å². The van der Waals surface area contributed by atoms with Gasteiger partial charge in [-0.05, 0) is 36.1 Å². The van der Waals surface area contributed by atoms with Crippen LogP contribution in [0.4, 0.5) is 0 Å². The van der Waals surface area contributed by atoms with E-state index < -0.39 is 30.6 Å². The number of nitrogens with two attached hydrogens (primary N) is 1. The van der Waals surface area contributed by atoms with Gasteiger partial charge in [0.2, 0.25) is 0 Å². The molecule has 34 heavy (non-hydrogen) atoms. The molecule has 8 atom stereocenters. The lowest BCUT2D eigenvalue weighted by molar-refractivity contribution is -0.166. The third-order valence-electron chi connectivity index (χ3n) is 7.80. The molecule has 4 aliphatic rings. The number of nitrogens with zero attached hydrogens (tertiary/aromatic N) is 2. The Balaban J connectivity index is 1.30. The highest BCUT2D eigenvalue weighted by Gasteiger charge is 2.54. The SMILES string of the molecule is CCCCCN1CNC2C(CCN2[C@@H]2O[C@H]([C@@H]3OCOCc4cc(Cl)ccc43)[C@@H](O)[C@H]2O)C1N. The lowest BCUT2D eigenvalue weighted by atomic mass is 9.95. The largest absolute Gasteiger partial charge is 0.387 e. The second kappa shape index (κ2) is 10.6. The summed E-state index contributed by atoms with van der Waals surface area (Å²) in [5.41, 5.74) is 8.41. The minimum Gasteiger partial charge on any atom is -0.387 e. The molecule has 4 heterocycles. The Kier molecular flexibility index (Phi) is 7.77. The fourth-order valence-electron chi connectivity index (χ4n) is 5.95. The summed E-state index contributed by atoms with van der Waals surface area (Å²) < 4.78 is 17.9. The zero-order valence-electron chi connectivity index (χ0n) is 19.7. The van der Waals surface area contributed by atoms with E-state index in [4.69, 9.17) is 31.5 Å². The smallest absolute Gasteiger partial charge is 0.148 e. The van der Waals surface area contributed by atoms with Crippen LogP contribution in [-0.2, 0) is 20.8 Å². The predicted molar refractivity (Wildman–Crippen MR) is 126 cm³/mol. The van der Waals surface area contributed by atoms with Crippen LogP contribution in [0.5, 0.6) is 0 Å². The van der Waals surface area contributed by atoms with Crippen molar-refractivity contribution < 1.29 is 24.4 Å². The number of aliphatic hydroxyl groups excluding tert-OH is 2. The van der Waals surface area contributed by atoms with E-state index in [-0.39, 0.29) is 25.0 Å². The number of ether oxygens (including phenoxy) is 3. The van der Waals surface area contributed by atoms with Crippen LogP contribution in [0.15, 0.2) is 18.2 Å². The average Bonchev–Trinajstić information content (AvgIpc) is 3.30. The zero-order chi connectivity index (χ0) is 23.8. The summed E-state index contributed by atoms with van der Waals surface area (Å²) in [6.07, 6.45) is 0.283. The molecule has 0 aliphatic carbocycles. The summed E-state index contributed by atoms with van der Waals surface area (Å²) in [4.78, 5) is 4.43. The number of aliphatic hydroxyl groups is 2. The molecule has 5 N–H and O–H groups in total. The Morgan fingerprint density at radius 1 is 1.24 bits per heavy atom. The number of likely N-dealkylation sites (tertiary alicyclic amines) is 1. The summed E-state index contributed by atoms with van der Waals surface area (Å²) in [7, 11) is 0. The number of benzene rings is 1. The quantitative estimate of drug-likeness (QED) is 0.433. The van der Waals surface area contributed by atoms with Gasteiger partial charge in [-0.15, -0.1) is 0 Å². The van der Waals surface area contributed by atoms with Gasteiger partial charge in [-0.25, -0.2) is 0 Å². The topological polar surface area (TPSA) is 113 Å². The first kappa shape index (κ1) is 24.8. The monoisotopic (exact) mass is 496 g/mol. The minimum absolute atomic E-state index is 0.00694. The highest BCUT2D eigenvalue weighted by molar-refractivity contribution is 6.30. The standard InChI is InChI=1S/C24H37ClN4O5/c1-2-3-4-8-28-12-27-23-17(22(28)26)7-9-29(23)24-19(31)18(30)21(34-24)20-16-6-5-15(25)10-14(16)11-32-13-33-20/h5-6,10,17-24,27,30-31H,2-4,7-9,11-13,26H2,1H3/t17?,18-,19+,20+,21-,22?,23?,24+/m0/s1. The lowest BCUT2D eigenvalue weighted by Gasteiger charge is -2.44. The van der Waals surface area contributed by atoms with E-state index in [0.717, 1.165) is 37.1 Å². The van der Waals surface area contributed by atoms with Crippen molar-refractivity contribution >= 4 is 11.6 Å². The average molecular weight is 497 g/mol. The van der Waals surface area contributed by atoms with Gasteiger partial charge in [-0.1, -0.05) is 37.4 Å². The highest BCUT2D eigenvalue weighted by Crippen LogP contribution is 2.41. The van der Waals surface area contributed by atoms with Gasteiger partial charge in [-0.3, -0.25) is 15.1 Å². The minimum atomic E-state index is -1.10. The van der Waals surface area contributed by atoms with Crippen molar-refractivity contribution in [2.24, 2.45) is 11.7 Å². The predicted octanol–water partition coefficient (Wildman–Crippen LogP) is 1.32. The summed E-state index contributed by atoms with van der Waals surface area (Å²) in [6.45, 7) is 5.07. The van der Waals surface area contributed by atoms with Crippen LogP contribution < -0.4 is 11.1 Å². The molecule has 3 fully saturated rings. The van der Waals surface area contributed by atoms with Crippen LogP contribution in [0.25, 0.3) is 0 Å². The van der Waals surface area contributed by atoms with Gasteiger partial charge in [0.1, 0.15) is 37.4 Å². The molecular formula is C24H37ClN4O5. The highest BCUT2D eigenvalue weighted by atomic mass is 35.5. The van der Waals surface area contributed by atoms with Gasteiger partial charge in [-0.2, -0.15) is 0 Å². The molecule has 4 aliphatic heterocycles. The third kappa shape index (κ3) is 4.64. The maximum Gasteiger partial charge on any atom is 0.148 e. The first-order chi connectivity index (χ1) is 16.5. The Bertz CT molecular complexity index is 850. The van der Waals surface area contributed by atoms with Crippen molar-refractivity contribution in [3.63, 3.8) is 0 Å². The zero-order valence-corrected chi connectivity index (χ0v) is 20.4. The van der Waals surface area contributed by atoms with Gasteiger partial charge in [0.25, 0.3) is 0 Å². The number of hydrogen-bond acceptors (Lipinski definition) is 9. The van der Waals surface area contributed by atoms with Crippen molar-refractivity contribution in [3.8, 4) is 0 Å². The van der Waals surface area contributed by atoms with Gasteiger partial charge in [0.05, 0.1) is 25.6 Å². The lowest BCUT2D eigenvalue weighted by Crippen LogP contribution is -2.65. The number of fused-ring (bicyclic) bond motifs is 2. The normalized spacial score (nSPS) is 39.1. The first-order valence-electron chi connectivity index (χ1n) is 12.5. The molecule has 0 radical (unpaired) electrons. The Morgan fingerprint density at radius 3 is 2.91 bits per heavy atom. The van der Waals surface area contributed by atoms with Crippen molar-refractivity contribution in [2.45, 2.75) is 82.2 Å². The molecule has 0 amide bonds. The maximum atomic E-state index is 11.0. The van der Waals surface area contributed by atoms with E-state index in [1.807, 2.05) is 12.1 Å². The van der Waals surface area contributed by atoms with Gasteiger partial charge in [0, 0.05) is 24.0 Å². The maximum absolute atomic E-state index is 11.0. The molecule has 0 saturated carbocycles. The van der Waals surface area contributed by atoms with Crippen LogP contribution in [0.3, 0.4) is 0 Å². The van der Waals surface area contributed by atoms with Gasteiger partial charge >= 0.3 is 0 Å². The van der Waals surface area contributed by atoms with Crippen LogP contribution >= 0.6 is 11.6 Å². The molecule has 190 valence electrons. The number of unbranched alkanes of at least 4 members (excludes halogenated alkanes) is 2. The van der Waals surface area contributed by atoms with Crippen molar-refractivity contribution in [2.75, 3.05) is 26.6 Å². The number of halogens is 1. The number of nitrogens with one attached hydrogen (secondary N) is 1. The molecule has 0 aromatic heterocycles. The van der Waals surface area contributed by atoms with Gasteiger partial charge in [0.15, 0.2) is 0 Å².